The summed E-state index contributed by atoms with van der Waals surface area (Å²) < 4.78 is 0. The summed E-state index contributed by atoms with van der Waals surface area (Å²) in [4.78, 5) is 0. The van der Waals surface area contributed by atoms with Gasteiger partial charge in [0.25, 0.3) is 0 Å². The molecule has 0 aromatic heterocycles. The van der Waals surface area contributed by atoms with E-state index in [0.29, 0.717) is 17.8 Å². The van der Waals surface area contributed by atoms with Crippen molar-refractivity contribution in [1.82, 2.24) is 0 Å². The van der Waals surface area contributed by atoms with Crippen LogP contribution in [0.3, 0.4) is 0 Å². The minimum atomic E-state index is 0.436. The van der Waals surface area contributed by atoms with Crippen LogP contribution in [0.25, 0.3) is 22.3 Å². The van der Waals surface area contributed by atoms with Gasteiger partial charge in [-0.05, 0) is 62.0 Å². The average Bonchev–Trinajstić information content (AvgIpc) is 2.67. The van der Waals surface area contributed by atoms with Crippen LogP contribution in [0.15, 0.2) is 60.7 Å². The first-order valence-electron chi connectivity index (χ1n) is 10.4. The van der Waals surface area contributed by atoms with Crippen LogP contribution in [-0.4, -0.2) is 0 Å². The Bertz CT molecular complexity index is 949. The molecule has 0 amide bonds. The van der Waals surface area contributed by atoms with Crippen LogP contribution in [0, 0.1) is 0 Å². The van der Waals surface area contributed by atoms with Crippen molar-refractivity contribution in [3.63, 3.8) is 0 Å². The van der Waals surface area contributed by atoms with Crippen molar-refractivity contribution in [3.05, 3.63) is 77.4 Å². The molecule has 0 radical (unpaired) electrons. The summed E-state index contributed by atoms with van der Waals surface area (Å²) in [6.07, 6.45) is 0. The van der Waals surface area contributed by atoms with Gasteiger partial charge in [-0.2, -0.15) is 0 Å². The highest BCUT2D eigenvalue weighted by Gasteiger charge is 2.25. The Morgan fingerprint density at radius 2 is 1.14 bits per heavy atom. The summed E-state index contributed by atoms with van der Waals surface area (Å²) in [5, 5.41) is 1.27. The van der Waals surface area contributed by atoms with Crippen molar-refractivity contribution < 1.29 is 0 Å². The molecule has 28 heavy (non-hydrogen) atoms. The largest absolute Gasteiger partial charge is 0.105 e. The van der Waals surface area contributed by atoms with Crippen molar-refractivity contribution in [2.24, 2.45) is 0 Å². The molecule has 3 aromatic carbocycles. The lowest BCUT2D eigenvalue weighted by atomic mass is 9.76. The van der Waals surface area contributed by atoms with Gasteiger partial charge in [0.15, 0.2) is 0 Å². The number of rotatable bonds is 5. The fraction of sp³-hybridized carbons (Fsp3) is 0.333. The molecule has 1 unspecified atom stereocenters. The van der Waals surface area contributed by atoms with Gasteiger partial charge in [-0.1, -0.05) is 102 Å². The number of hydrogen-bond donors (Lipinski definition) is 0. The lowest BCUT2D eigenvalue weighted by Gasteiger charge is -2.28. The average molecular weight is 389 g/mol. The van der Waals surface area contributed by atoms with Gasteiger partial charge in [-0.25, -0.2) is 0 Å². The molecule has 0 saturated carbocycles. The minimum Gasteiger partial charge on any atom is -0.105 e. The van der Waals surface area contributed by atoms with Crippen LogP contribution in [0.5, 0.6) is 0 Å². The molecule has 0 bridgehead atoms. The lowest BCUT2D eigenvalue weighted by Crippen LogP contribution is -2.10. The highest BCUT2D eigenvalue weighted by Crippen LogP contribution is 2.45. The Morgan fingerprint density at radius 1 is 0.607 bits per heavy atom. The summed E-state index contributed by atoms with van der Waals surface area (Å²) in [5.74, 6) is 1.39. The molecule has 146 valence electrons. The molecule has 0 saturated heterocycles. The zero-order valence-electron chi connectivity index (χ0n) is 18.1. The van der Waals surface area contributed by atoms with Gasteiger partial charge in [0.1, 0.15) is 0 Å². The predicted octanol–water partition coefficient (Wildman–Crippen LogP) is 7.89. The molecule has 0 aliphatic rings. The predicted molar refractivity (Wildman–Crippen MR) is 129 cm³/mol. The SMILES string of the molecule is CC(C)c1cc(C(C)C)c(-c2ccccc2P)c(C(C)C)c1-c1ccccc1. The van der Waals surface area contributed by atoms with Crippen LogP contribution in [-0.2, 0) is 0 Å². The summed E-state index contributed by atoms with van der Waals surface area (Å²) in [7, 11) is 2.94. The topological polar surface area (TPSA) is 0 Å². The Kier molecular flexibility index (Phi) is 6.41. The second-order valence-corrected chi connectivity index (χ2v) is 9.26. The molecule has 3 aromatic rings. The van der Waals surface area contributed by atoms with Gasteiger partial charge < -0.3 is 0 Å². The van der Waals surface area contributed by atoms with E-state index in [1.807, 2.05) is 0 Å². The van der Waals surface area contributed by atoms with Gasteiger partial charge in [0, 0.05) is 0 Å². The Labute approximate surface area is 173 Å². The van der Waals surface area contributed by atoms with Crippen LogP contribution in [0.4, 0.5) is 0 Å². The zero-order valence-corrected chi connectivity index (χ0v) is 19.2. The molecular formula is C27H33P. The van der Waals surface area contributed by atoms with Crippen LogP contribution >= 0.6 is 9.24 Å². The second kappa shape index (κ2) is 8.62. The molecule has 0 aliphatic heterocycles. The van der Waals surface area contributed by atoms with Crippen molar-refractivity contribution in [2.75, 3.05) is 0 Å². The van der Waals surface area contributed by atoms with Gasteiger partial charge in [0.2, 0.25) is 0 Å². The van der Waals surface area contributed by atoms with Crippen LogP contribution < -0.4 is 5.30 Å². The third-order valence-corrected chi connectivity index (χ3v) is 6.04. The summed E-state index contributed by atoms with van der Waals surface area (Å²) >= 11 is 0. The van der Waals surface area contributed by atoms with E-state index in [2.05, 4.69) is 111 Å². The summed E-state index contributed by atoms with van der Waals surface area (Å²) in [5.41, 5.74) is 9.93. The van der Waals surface area contributed by atoms with Crippen molar-refractivity contribution in [3.8, 4) is 22.3 Å². The molecule has 0 spiro atoms. The molecule has 1 atom stereocenters. The lowest BCUT2D eigenvalue weighted by molar-refractivity contribution is 0.811. The van der Waals surface area contributed by atoms with E-state index in [4.69, 9.17) is 0 Å². The van der Waals surface area contributed by atoms with Gasteiger partial charge in [-0.3, -0.25) is 0 Å². The highest BCUT2D eigenvalue weighted by molar-refractivity contribution is 7.28. The third kappa shape index (κ3) is 3.94. The maximum absolute atomic E-state index is 2.94. The molecule has 0 N–H and O–H groups in total. The minimum absolute atomic E-state index is 0.436. The van der Waals surface area contributed by atoms with Gasteiger partial charge in [0.05, 0.1) is 0 Å². The first kappa shape index (κ1) is 20.8. The fourth-order valence-corrected chi connectivity index (χ4v) is 4.54. The summed E-state index contributed by atoms with van der Waals surface area (Å²) in [6, 6.07) is 22.2. The Morgan fingerprint density at radius 3 is 1.68 bits per heavy atom. The van der Waals surface area contributed by atoms with E-state index in [9.17, 15) is 0 Å². The van der Waals surface area contributed by atoms with E-state index in [0.717, 1.165) is 0 Å². The maximum Gasteiger partial charge on any atom is -0.0102 e. The van der Waals surface area contributed by atoms with Crippen molar-refractivity contribution in [1.29, 1.82) is 0 Å². The molecule has 1 heteroatoms. The van der Waals surface area contributed by atoms with E-state index in [1.54, 1.807) is 0 Å². The molecule has 0 nitrogen and oxygen atoms in total. The normalized spacial score (nSPS) is 11.6. The maximum atomic E-state index is 2.94. The first-order chi connectivity index (χ1) is 13.3. The van der Waals surface area contributed by atoms with Crippen molar-refractivity contribution in [2.45, 2.75) is 59.3 Å². The van der Waals surface area contributed by atoms with E-state index in [-0.39, 0.29) is 0 Å². The monoisotopic (exact) mass is 388 g/mol. The standard InChI is InChI=1S/C27H33P/c1-17(2)22-16-23(18(3)4)27(21-14-10-11-15-24(21)28)25(19(5)6)26(22)20-12-8-7-9-13-20/h7-19H,28H2,1-6H3. The van der Waals surface area contributed by atoms with Gasteiger partial charge >= 0.3 is 0 Å². The van der Waals surface area contributed by atoms with E-state index in [1.165, 1.54) is 44.2 Å². The number of benzene rings is 3. The highest BCUT2D eigenvalue weighted by atomic mass is 31.0. The third-order valence-electron chi connectivity index (χ3n) is 5.54. The molecule has 0 aliphatic carbocycles. The first-order valence-corrected chi connectivity index (χ1v) is 11.0. The van der Waals surface area contributed by atoms with E-state index < -0.39 is 0 Å². The smallest absolute Gasteiger partial charge is 0.0102 e. The fourth-order valence-electron chi connectivity index (χ4n) is 4.19. The molecule has 0 fully saturated rings. The van der Waals surface area contributed by atoms with Crippen LogP contribution in [0.2, 0.25) is 0 Å². The summed E-state index contributed by atoms with van der Waals surface area (Å²) in [6.45, 7) is 14.0. The molecule has 0 heterocycles. The van der Waals surface area contributed by atoms with Crippen molar-refractivity contribution >= 4 is 14.5 Å². The molecule has 3 rings (SSSR count). The number of hydrogen-bond acceptors (Lipinski definition) is 0. The van der Waals surface area contributed by atoms with Crippen LogP contribution in [0.1, 0.15) is 76.0 Å². The van der Waals surface area contributed by atoms with Gasteiger partial charge in [-0.15, -0.1) is 9.24 Å². The Hall–Kier alpha value is -1.91. The Balaban J connectivity index is 2.52. The van der Waals surface area contributed by atoms with E-state index >= 15 is 0 Å². The quantitative estimate of drug-likeness (QED) is 0.390. The second-order valence-electron chi connectivity index (χ2n) is 8.64. The molecular weight excluding hydrogens is 355 g/mol. The zero-order chi connectivity index (χ0) is 20.4.